The Bertz CT molecular complexity index is 498. The maximum absolute atomic E-state index is 13.0. The normalized spacial score (nSPS) is 17.2. The Hall–Kier alpha value is -1.46. The zero-order valence-corrected chi connectivity index (χ0v) is 13.2. The van der Waals surface area contributed by atoms with Crippen molar-refractivity contribution in [3.05, 3.63) is 35.9 Å². The number of benzene rings is 1. The third-order valence-electron chi connectivity index (χ3n) is 4.11. The van der Waals surface area contributed by atoms with Crippen LogP contribution >= 0.6 is 12.2 Å². The predicted octanol–water partition coefficient (Wildman–Crippen LogP) is 2.12. The molecule has 4 nitrogen and oxygen atoms in total. The summed E-state index contributed by atoms with van der Waals surface area (Å²) < 4.78 is 5.37. The molecule has 5 heteroatoms. The number of carbonyl (C=O) groups is 1. The van der Waals surface area contributed by atoms with Crippen molar-refractivity contribution >= 4 is 23.1 Å². The lowest BCUT2D eigenvalue weighted by molar-refractivity contribution is -0.142. The zero-order chi connectivity index (χ0) is 15.3. The maximum atomic E-state index is 13.0. The predicted molar refractivity (Wildman–Crippen MR) is 86.8 cm³/mol. The zero-order valence-electron chi connectivity index (χ0n) is 12.4. The lowest BCUT2D eigenvalue weighted by Gasteiger charge is -2.38. The van der Waals surface area contributed by atoms with E-state index in [0.29, 0.717) is 44.1 Å². The van der Waals surface area contributed by atoms with Crippen LogP contribution in [-0.4, -0.2) is 35.6 Å². The first-order valence-electron chi connectivity index (χ1n) is 7.31. The highest BCUT2D eigenvalue weighted by atomic mass is 32.1. The van der Waals surface area contributed by atoms with Crippen LogP contribution in [0.2, 0.25) is 0 Å². The Morgan fingerprint density at radius 1 is 1.33 bits per heavy atom. The summed E-state index contributed by atoms with van der Waals surface area (Å²) in [4.78, 5) is 15.1. The molecule has 21 heavy (non-hydrogen) atoms. The third kappa shape index (κ3) is 3.41. The van der Waals surface area contributed by atoms with Crippen molar-refractivity contribution in [3.63, 3.8) is 0 Å². The molecule has 0 saturated carbocycles. The van der Waals surface area contributed by atoms with Gasteiger partial charge in [-0.3, -0.25) is 4.79 Å². The molecule has 2 rings (SSSR count). The Balaban J connectivity index is 2.19. The first kappa shape index (κ1) is 15.9. The monoisotopic (exact) mass is 306 g/mol. The molecule has 1 aliphatic rings. The fourth-order valence-corrected chi connectivity index (χ4v) is 3.01. The number of nitrogens with two attached hydrogens (primary N) is 1. The van der Waals surface area contributed by atoms with Gasteiger partial charge in [0.25, 0.3) is 0 Å². The van der Waals surface area contributed by atoms with Crippen LogP contribution in [0.3, 0.4) is 0 Å². The van der Waals surface area contributed by atoms with Crippen molar-refractivity contribution < 1.29 is 9.53 Å². The van der Waals surface area contributed by atoms with E-state index in [1.807, 2.05) is 42.2 Å². The summed E-state index contributed by atoms with van der Waals surface area (Å²) in [5.74, 6) is 0.0321. The van der Waals surface area contributed by atoms with E-state index in [-0.39, 0.29) is 5.91 Å². The van der Waals surface area contributed by atoms with Gasteiger partial charge in [0, 0.05) is 26.3 Å². The smallest absolute Gasteiger partial charge is 0.236 e. The molecule has 1 aromatic rings. The van der Waals surface area contributed by atoms with Gasteiger partial charge in [-0.1, -0.05) is 42.5 Å². The summed E-state index contributed by atoms with van der Waals surface area (Å²) in [7, 11) is 0. The second-order valence-electron chi connectivity index (χ2n) is 5.36. The van der Waals surface area contributed by atoms with Crippen LogP contribution in [0.5, 0.6) is 0 Å². The van der Waals surface area contributed by atoms with Crippen LogP contribution in [-0.2, 0) is 16.1 Å². The van der Waals surface area contributed by atoms with E-state index in [1.165, 1.54) is 0 Å². The van der Waals surface area contributed by atoms with Crippen molar-refractivity contribution in [1.29, 1.82) is 0 Å². The molecule has 0 radical (unpaired) electrons. The first-order valence-corrected chi connectivity index (χ1v) is 7.72. The quantitative estimate of drug-likeness (QED) is 0.847. The Morgan fingerprint density at radius 3 is 2.48 bits per heavy atom. The molecule has 0 bridgehead atoms. The highest BCUT2D eigenvalue weighted by Gasteiger charge is 2.44. The molecule has 1 saturated heterocycles. The van der Waals surface area contributed by atoms with Gasteiger partial charge in [0.2, 0.25) is 5.91 Å². The van der Waals surface area contributed by atoms with Crippen molar-refractivity contribution in [2.75, 3.05) is 19.8 Å². The largest absolute Gasteiger partial charge is 0.392 e. The van der Waals surface area contributed by atoms with Crippen molar-refractivity contribution in [1.82, 2.24) is 4.90 Å². The lowest BCUT2D eigenvalue weighted by atomic mass is 9.78. The molecule has 114 valence electrons. The van der Waals surface area contributed by atoms with E-state index in [4.69, 9.17) is 22.7 Å². The summed E-state index contributed by atoms with van der Waals surface area (Å²) >= 11 is 5.21. The molecule has 1 amide bonds. The molecular weight excluding hydrogens is 284 g/mol. The van der Waals surface area contributed by atoms with Crippen LogP contribution in [0.25, 0.3) is 0 Å². The van der Waals surface area contributed by atoms with E-state index >= 15 is 0 Å². The van der Waals surface area contributed by atoms with Crippen molar-refractivity contribution in [2.24, 2.45) is 11.1 Å². The van der Waals surface area contributed by atoms with Crippen LogP contribution in [0.4, 0.5) is 0 Å². The molecule has 2 N–H and O–H groups in total. The molecule has 0 aliphatic carbocycles. The van der Waals surface area contributed by atoms with E-state index in [9.17, 15) is 4.79 Å². The van der Waals surface area contributed by atoms with E-state index < -0.39 is 5.41 Å². The summed E-state index contributed by atoms with van der Waals surface area (Å²) in [6.07, 6.45) is 1.15. The number of ether oxygens (including phenoxy) is 1. The number of hydrogen-bond donors (Lipinski definition) is 1. The number of rotatable bonds is 5. The van der Waals surface area contributed by atoms with Gasteiger partial charge in [0.05, 0.1) is 4.99 Å². The van der Waals surface area contributed by atoms with Gasteiger partial charge in [0.1, 0.15) is 5.41 Å². The Labute approximate surface area is 131 Å². The number of nitrogens with zero attached hydrogens (tertiary/aromatic N) is 1. The molecule has 1 aromatic carbocycles. The highest BCUT2D eigenvalue weighted by Crippen LogP contribution is 2.33. The van der Waals surface area contributed by atoms with E-state index in [0.717, 1.165) is 5.56 Å². The molecule has 0 aromatic heterocycles. The summed E-state index contributed by atoms with van der Waals surface area (Å²) in [5, 5.41) is 0. The van der Waals surface area contributed by atoms with Gasteiger partial charge in [-0.05, 0) is 25.3 Å². The molecule has 0 unspecified atom stereocenters. The number of carbonyl (C=O) groups excluding carboxylic acids is 1. The van der Waals surface area contributed by atoms with E-state index in [1.54, 1.807) is 0 Å². The molecular formula is C16H22N2O2S. The standard InChI is InChI=1S/C16H22N2O2S/c1-2-18(12-13-6-4-3-5-7-13)15(19)16(14(17)21)8-10-20-11-9-16/h3-7H,2,8-12H2,1H3,(H2,17,21). The Morgan fingerprint density at radius 2 is 1.95 bits per heavy atom. The van der Waals surface area contributed by atoms with E-state index in [2.05, 4.69) is 0 Å². The summed E-state index contributed by atoms with van der Waals surface area (Å²) in [6.45, 7) is 4.27. The average molecular weight is 306 g/mol. The number of hydrogen-bond acceptors (Lipinski definition) is 3. The van der Waals surface area contributed by atoms with Gasteiger partial charge in [0.15, 0.2) is 0 Å². The third-order valence-corrected chi connectivity index (χ3v) is 4.50. The number of amides is 1. The molecule has 1 fully saturated rings. The molecule has 0 atom stereocenters. The lowest BCUT2D eigenvalue weighted by Crippen LogP contribution is -2.53. The molecule has 1 aliphatic heterocycles. The van der Waals surface area contributed by atoms with Gasteiger partial charge in [-0.15, -0.1) is 0 Å². The second kappa shape index (κ2) is 7.00. The van der Waals surface area contributed by atoms with Crippen molar-refractivity contribution in [3.8, 4) is 0 Å². The minimum absolute atomic E-state index is 0.0321. The summed E-state index contributed by atoms with van der Waals surface area (Å²) in [6, 6.07) is 9.97. The van der Waals surface area contributed by atoms with Gasteiger partial charge < -0.3 is 15.4 Å². The van der Waals surface area contributed by atoms with Crippen LogP contribution in [0, 0.1) is 5.41 Å². The highest BCUT2D eigenvalue weighted by molar-refractivity contribution is 7.80. The molecule has 1 heterocycles. The topological polar surface area (TPSA) is 55.6 Å². The van der Waals surface area contributed by atoms with Gasteiger partial charge in [-0.2, -0.15) is 0 Å². The minimum Gasteiger partial charge on any atom is -0.392 e. The number of thiocarbonyl (C=S) groups is 1. The molecule has 0 spiro atoms. The van der Waals surface area contributed by atoms with Gasteiger partial charge in [-0.25, -0.2) is 0 Å². The summed E-state index contributed by atoms with van der Waals surface area (Å²) in [5.41, 5.74) is 6.29. The fraction of sp³-hybridized carbons (Fsp3) is 0.500. The minimum atomic E-state index is -0.738. The van der Waals surface area contributed by atoms with Gasteiger partial charge >= 0.3 is 0 Å². The second-order valence-corrected chi connectivity index (χ2v) is 5.80. The van der Waals surface area contributed by atoms with Crippen molar-refractivity contribution in [2.45, 2.75) is 26.3 Å². The Kier molecular flexibility index (Phi) is 5.31. The maximum Gasteiger partial charge on any atom is 0.236 e. The van der Waals surface area contributed by atoms with Crippen LogP contribution in [0.15, 0.2) is 30.3 Å². The fourth-order valence-electron chi connectivity index (χ4n) is 2.72. The SMILES string of the molecule is CCN(Cc1ccccc1)C(=O)C1(C(N)=S)CCOCC1. The first-order chi connectivity index (χ1) is 10.1. The van der Waals surface area contributed by atoms with Crippen LogP contribution < -0.4 is 5.73 Å². The average Bonchev–Trinajstić information content (AvgIpc) is 2.53. The van der Waals surface area contributed by atoms with Crippen LogP contribution in [0.1, 0.15) is 25.3 Å².